The monoisotopic (exact) mass is 675 g/mol. The molecule has 0 bridgehead atoms. The van der Waals surface area contributed by atoms with E-state index in [9.17, 15) is 14.4 Å². The topological polar surface area (TPSA) is 132 Å². The van der Waals surface area contributed by atoms with Gasteiger partial charge in [-0.2, -0.15) is 0 Å². The number of rotatable bonds is 8. The summed E-state index contributed by atoms with van der Waals surface area (Å²) >= 11 is 1.51. The molecule has 256 valence electrons. The Hall–Kier alpha value is -4.19. The van der Waals surface area contributed by atoms with Crippen LogP contribution in [0.5, 0.6) is 11.5 Å². The normalized spacial score (nSPS) is 26.7. The Balaban J connectivity index is 1.32. The van der Waals surface area contributed by atoms with Crippen molar-refractivity contribution in [1.29, 1.82) is 0 Å². The smallest absolute Gasteiger partial charge is 0.332 e. The summed E-state index contributed by atoms with van der Waals surface area (Å²) < 4.78 is 17.6. The summed E-state index contributed by atoms with van der Waals surface area (Å²) in [6, 6.07) is 7.75. The molecule has 12 heteroatoms. The molecule has 1 aromatic carbocycles. The van der Waals surface area contributed by atoms with Crippen LogP contribution < -0.4 is 20.1 Å². The van der Waals surface area contributed by atoms with Gasteiger partial charge in [-0.25, -0.2) is 14.8 Å². The fourth-order valence-electron chi connectivity index (χ4n) is 6.85. The molecule has 2 fully saturated rings. The molecule has 3 aliphatic rings. The van der Waals surface area contributed by atoms with Crippen molar-refractivity contribution in [1.82, 2.24) is 20.2 Å². The Bertz CT molecular complexity index is 1710. The standard InChI is InChI=1S/C36H45N5O6S/c1-6-46-34(44)36-19-22(36)11-9-7-8-10-14-41(4)33(43)27-16-24(15-26(27)32(42)40-36)47-31-18-29(30-20-48-35(39-30)37-21(2)3)38-28-17-23(45-5)12-13-25(28)31/h9,11-13,17-18,20-22,24,26-27H,6-8,10,14-16,19H2,1-5H3,(H,37,39)(H,40,42)/b11-9-/t22-,24-,26-,27-,36-/m1/s1. The van der Waals surface area contributed by atoms with Crippen LogP contribution in [0.1, 0.15) is 59.3 Å². The van der Waals surface area contributed by atoms with Crippen molar-refractivity contribution in [2.24, 2.45) is 17.8 Å². The lowest BCUT2D eigenvalue weighted by atomic mass is 9.93. The van der Waals surface area contributed by atoms with Crippen LogP contribution in [-0.2, 0) is 19.1 Å². The Morgan fingerprint density at radius 2 is 1.96 bits per heavy atom. The first-order chi connectivity index (χ1) is 23.1. The molecule has 2 aliphatic carbocycles. The van der Waals surface area contributed by atoms with E-state index in [-0.39, 0.29) is 30.4 Å². The highest BCUT2D eigenvalue weighted by Crippen LogP contribution is 2.47. The van der Waals surface area contributed by atoms with Crippen LogP contribution in [0.15, 0.2) is 41.8 Å². The van der Waals surface area contributed by atoms with E-state index in [0.717, 1.165) is 29.8 Å². The van der Waals surface area contributed by atoms with Crippen molar-refractivity contribution < 1.29 is 28.6 Å². The number of nitrogens with one attached hydrogen (secondary N) is 2. The number of hydrogen-bond donors (Lipinski definition) is 2. The average molecular weight is 676 g/mol. The molecule has 0 unspecified atom stereocenters. The maximum atomic E-state index is 14.1. The number of pyridine rings is 1. The highest BCUT2D eigenvalue weighted by Gasteiger charge is 2.62. The molecule has 2 saturated carbocycles. The number of carbonyl (C=O) groups excluding carboxylic acids is 3. The summed E-state index contributed by atoms with van der Waals surface area (Å²) in [6.45, 7) is 6.72. The number of fused-ring (bicyclic) bond motifs is 3. The van der Waals surface area contributed by atoms with Gasteiger partial charge in [-0.15, -0.1) is 11.3 Å². The molecule has 1 aliphatic heterocycles. The molecule has 48 heavy (non-hydrogen) atoms. The number of nitrogens with zero attached hydrogens (tertiary/aromatic N) is 3. The number of hydrogen-bond acceptors (Lipinski definition) is 10. The molecule has 5 atom stereocenters. The van der Waals surface area contributed by atoms with Crippen LogP contribution >= 0.6 is 11.3 Å². The van der Waals surface area contributed by atoms with Gasteiger partial charge >= 0.3 is 5.97 Å². The molecule has 2 aromatic heterocycles. The number of amides is 2. The number of carbonyl (C=O) groups is 3. The first kappa shape index (κ1) is 33.7. The summed E-state index contributed by atoms with van der Waals surface area (Å²) in [4.78, 5) is 52.5. The minimum Gasteiger partial charge on any atom is -0.497 e. The largest absolute Gasteiger partial charge is 0.497 e. The summed E-state index contributed by atoms with van der Waals surface area (Å²) in [5.74, 6) is -0.949. The molecule has 0 spiro atoms. The Morgan fingerprint density at radius 3 is 2.73 bits per heavy atom. The second-order valence-electron chi connectivity index (χ2n) is 13.3. The van der Waals surface area contributed by atoms with Crippen LogP contribution in [0.2, 0.25) is 0 Å². The third-order valence-corrected chi connectivity index (χ3v) is 10.3. The molecule has 3 heterocycles. The van der Waals surface area contributed by atoms with Crippen molar-refractivity contribution >= 4 is 45.2 Å². The predicted molar refractivity (Wildman–Crippen MR) is 185 cm³/mol. The molecular weight excluding hydrogens is 630 g/mol. The first-order valence-corrected chi connectivity index (χ1v) is 17.8. The van der Waals surface area contributed by atoms with Crippen molar-refractivity contribution in [3.05, 3.63) is 41.8 Å². The third-order valence-electron chi connectivity index (χ3n) is 9.48. The van der Waals surface area contributed by atoms with Gasteiger partial charge in [-0.05, 0) is 71.4 Å². The third kappa shape index (κ3) is 6.99. The number of thiazole rings is 1. The molecular formula is C36H45N5O6S. The predicted octanol–water partition coefficient (Wildman–Crippen LogP) is 5.60. The lowest BCUT2D eigenvalue weighted by molar-refractivity contribution is -0.150. The van der Waals surface area contributed by atoms with Gasteiger partial charge in [0.05, 0.1) is 36.8 Å². The Kier molecular flexibility index (Phi) is 9.91. The number of ether oxygens (including phenoxy) is 3. The first-order valence-electron chi connectivity index (χ1n) is 16.9. The van der Waals surface area contributed by atoms with Crippen LogP contribution in [0.3, 0.4) is 0 Å². The van der Waals surface area contributed by atoms with Crippen LogP contribution in [0.4, 0.5) is 5.13 Å². The van der Waals surface area contributed by atoms with E-state index < -0.39 is 29.4 Å². The van der Waals surface area contributed by atoms with E-state index in [1.165, 1.54) is 11.3 Å². The van der Waals surface area contributed by atoms with E-state index in [0.29, 0.717) is 54.2 Å². The van der Waals surface area contributed by atoms with E-state index in [4.69, 9.17) is 24.2 Å². The van der Waals surface area contributed by atoms with Crippen molar-refractivity contribution in [2.75, 3.05) is 32.6 Å². The average Bonchev–Trinajstić information content (AvgIpc) is 3.34. The van der Waals surface area contributed by atoms with Crippen molar-refractivity contribution in [3.63, 3.8) is 0 Å². The zero-order valence-electron chi connectivity index (χ0n) is 28.3. The van der Waals surface area contributed by atoms with Crippen molar-refractivity contribution in [2.45, 2.75) is 77.0 Å². The Morgan fingerprint density at radius 1 is 1.15 bits per heavy atom. The summed E-state index contributed by atoms with van der Waals surface area (Å²) in [5.41, 5.74) is 0.944. The van der Waals surface area contributed by atoms with Crippen LogP contribution in [0.25, 0.3) is 22.3 Å². The minimum atomic E-state index is -1.10. The minimum absolute atomic E-state index is 0.0796. The Labute approximate surface area is 285 Å². The van der Waals surface area contributed by atoms with E-state index in [1.807, 2.05) is 35.7 Å². The summed E-state index contributed by atoms with van der Waals surface area (Å²) in [5, 5.41) is 9.95. The number of benzene rings is 1. The van der Waals surface area contributed by atoms with Gasteiger partial charge in [-0.3, -0.25) is 9.59 Å². The molecule has 2 amide bonds. The number of esters is 1. The fraction of sp³-hybridized carbons (Fsp3) is 0.528. The zero-order valence-corrected chi connectivity index (χ0v) is 29.1. The van der Waals surface area contributed by atoms with Gasteiger partial charge in [0.2, 0.25) is 11.8 Å². The van der Waals surface area contributed by atoms with E-state index in [2.05, 4.69) is 30.6 Å². The summed E-state index contributed by atoms with van der Waals surface area (Å²) in [6.07, 6.45) is 7.47. The maximum Gasteiger partial charge on any atom is 0.332 e. The number of allylic oxidation sites excluding steroid dienone is 1. The molecule has 3 aromatic rings. The number of methoxy groups -OCH3 is 1. The lowest BCUT2D eigenvalue weighted by Gasteiger charge is -2.26. The molecule has 2 N–H and O–H groups in total. The second-order valence-corrected chi connectivity index (χ2v) is 14.2. The van der Waals surface area contributed by atoms with Gasteiger partial charge in [0, 0.05) is 48.5 Å². The van der Waals surface area contributed by atoms with Gasteiger partial charge in [0.1, 0.15) is 28.8 Å². The fourth-order valence-corrected chi connectivity index (χ4v) is 7.70. The summed E-state index contributed by atoms with van der Waals surface area (Å²) in [7, 11) is 3.41. The highest BCUT2D eigenvalue weighted by molar-refractivity contribution is 7.14. The zero-order chi connectivity index (χ0) is 34.0. The van der Waals surface area contributed by atoms with Gasteiger partial charge in [0.15, 0.2) is 5.13 Å². The van der Waals surface area contributed by atoms with E-state index in [1.54, 1.807) is 26.0 Å². The van der Waals surface area contributed by atoms with Gasteiger partial charge in [0.25, 0.3) is 0 Å². The molecule has 6 rings (SSSR count). The quantitative estimate of drug-likeness (QED) is 0.232. The van der Waals surface area contributed by atoms with Crippen molar-refractivity contribution in [3.8, 4) is 22.9 Å². The SMILES string of the molecule is CCOC(=O)[C@@]12C[C@H]1/C=C\CCCCN(C)C(=O)[C@@H]1C[C@H](Oc3cc(-c4csc(NC(C)C)n4)nc4cc(OC)ccc34)C[C@H]1C(=O)N2. The maximum absolute atomic E-state index is 14.1. The van der Waals surface area contributed by atoms with Crippen LogP contribution in [0, 0.1) is 17.8 Å². The number of aromatic nitrogens is 2. The molecule has 0 radical (unpaired) electrons. The highest BCUT2D eigenvalue weighted by atomic mass is 32.1. The van der Waals surface area contributed by atoms with Crippen LogP contribution in [-0.4, -0.2) is 77.6 Å². The van der Waals surface area contributed by atoms with Gasteiger partial charge < -0.3 is 29.7 Å². The second kappa shape index (κ2) is 14.1. The lowest BCUT2D eigenvalue weighted by Crippen LogP contribution is -2.50. The molecule has 0 saturated heterocycles. The van der Waals surface area contributed by atoms with E-state index >= 15 is 0 Å². The van der Waals surface area contributed by atoms with Gasteiger partial charge in [-0.1, -0.05) is 12.2 Å². The number of anilines is 1. The molecule has 11 nitrogen and oxygen atoms in total.